The zero-order chi connectivity index (χ0) is 20.8. The van der Waals surface area contributed by atoms with Crippen LogP contribution in [0.5, 0.6) is 5.75 Å². The Kier molecular flexibility index (Phi) is 12.0. The summed E-state index contributed by atoms with van der Waals surface area (Å²) < 4.78 is 5.36. The Balaban J connectivity index is 2.22. The second-order valence-electron chi connectivity index (χ2n) is 8.13. The van der Waals surface area contributed by atoms with Crippen LogP contribution in [0.1, 0.15) is 79.6 Å². The quantitative estimate of drug-likeness (QED) is 0.209. The van der Waals surface area contributed by atoms with Gasteiger partial charge in [-0.25, -0.2) is 0 Å². The summed E-state index contributed by atoms with van der Waals surface area (Å²) in [7, 11) is 0. The molecule has 154 valence electrons. The van der Waals surface area contributed by atoms with E-state index in [2.05, 4.69) is 52.8 Å². The summed E-state index contributed by atoms with van der Waals surface area (Å²) in [6.07, 6.45) is 14.0. The minimum absolute atomic E-state index is 0.145. The van der Waals surface area contributed by atoms with E-state index in [0.29, 0.717) is 18.1 Å². The molecule has 0 aliphatic heterocycles. The largest absolute Gasteiger partial charge is 0.427 e. The maximum absolute atomic E-state index is 12.0. The first-order valence-corrected chi connectivity index (χ1v) is 10.6. The fraction of sp³-hybridized carbons (Fsp3) is 0.500. The van der Waals surface area contributed by atoms with E-state index in [9.17, 15) is 4.79 Å². The van der Waals surface area contributed by atoms with Gasteiger partial charge >= 0.3 is 5.97 Å². The number of ether oxygens (including phenoxy) is 1. The number of hydrogen-bond donors (Lipinski definition) is 0. The molecular weight excluding hydrogens is 344 g/mol. The minimum Gasteiger partial charge on any atom is -0.427 e. The van der Waals surface area contributed by atoms with E-state index >= 15 is 0 Å². The lowest BCUT2D eigenvalue weighted by Gasteiger charge is -2.10. The summed E-state index contributed by atoms with van der Waals surface area (Å²) in [6, 6.07) is 9.29. The monoisotopic (exact) mass is 382 g/mol. The van der Waals surface area contributed by atoms with Gasteiger partial charge in [0.2, 0.25) is 0 Å². The van der Waals surface area contributed by atoms with Crippen LogP contribution < -0.4 is 4.74 Å². The number of carbonyl (C=O) groups excluding carboxylic acids is 1. The Hall–Kier alpha value is -2.09. The molecule has 0 aliphatic rings. The van der Waals surface area contributed by atoms with Gasteiger partial charge < -0.3 is 4.74 Å². The number of carbonyl (C=O) groups is 1. The second kappa shape index (κ2) is 14.0. The van der Waals surface area contributed by atoms with E-state index in [-0.39, 0.29) is 5.97 Å². The molecular formula is C26H38O2. The molecule has 1 atom stereocenters. The normalized spacial score (nSPS) is 13.2. The van der Waals surface area contributed by atoms with Crippen LogP contribution in [-0.4, -0.2) is 5.97 Å². The van der Waals surface area contributed by atoms with Crippen LogP contribution in [0.15, 0.2) is 65.3 Å². The molecule has 0 saturated heterocycles. The third kappa shape index (κ3) is 12.3. The number of esters is 1. The molecule has 1 aromatic rings. The van der Waals surface area contributed by atoms with Crippen molar-refractivity contribution in [1.29, 1.82) is 0 Å². The third-order valence-corrected chi connectivity index (χ3v) is 4.77. The van der Waals surface area contributed by atoms with E-state index in [1.54, 1.807) is 0 Å². The first-order chi connectivity index (χ1) is 13.4. The zero-order valence-electron chi connectivity index (χ0n) is 18.5. The molecule has 28 heavy (non-hydrogen) atoms. The lowest BCUT2D eigenvalue weighted by molar-refractivity contribution is -0.135. The lowest BCUT2D eigenvalue weighted by atomic mass is 10.00. The molecule has 2 nitrogen and oxygen atoms in total. The Morgan fingerprint density at radius 2 is 1.46 bits per heavy atom. The minimum atomic E-state index is -0.145. The molecule has 1 aromatic carbocycles. The van der Waals surface area contributed by atoms with Crippen LogP contribution in [-0.2, 0) is 4.79 Å². The average Bonchev–Trinajstić information content (AvgIpc) is 2.62. The molecule has 0 fully saturated rings. The molecule has 0 aliphatic carbocycles. The maximum atomic E-state index is 12.0. The van der Waals surface area contributed by atoms with Crippen molar-refractivity contribution in [2.24, 2.45) is 5.92 Å². The highest BCUT2D eigenvalue weighted by molar-refractivity contribution is 5.72. The van der Waals surface area contributed by atoms with Gasteiger partial charge in [-0.1, -0.05) is 60.1 Å². The Morgan fingerprint density at radius 1 is 0.893 bits per heavy atom. The van der Waals surface area contributed by atoms with Gasteiger partial charge in [0.1, 0.15) is 5.75 Å². The van der Waals surface area contributed by atoms with E-state index in [4.69, 9.17) is 4.74 Å². The van der Waals surface area contributed by atoms with Crippen LogP contribution in [0.4, 0.5) is 0 Å². The van der Waals surface area contributed by atoms with E-state index in [1.807, 2.05) is 30.3 Å². The predicted molar refractivity (Wildman–Crippen MR) is 121 cm³/mol. The zero-order valence-corrected chi connectivity index (χ0v) is 18.5. The van der Waals surface area contributed by atoms with Crippen molar-refractivity contribution >= 4 is 5.97 Å². The molecule has 1 rings (SSSR count). The summed E-state index contributed by atoms with van der Waals surface area (Å²) in [5.41, 5.74) is 4.32. The summed E-state index contributed by atoms with van der Waals surface area (Å²) in [5, 5.41) is 0. The van der Waals surface area contributed by atoms with Crippen LogP contribution in [0, 0.1) is 5.92 Å². The third-order valence-electron chi connectivity index (χ3n) is 4.77. The van der Waals surface area contributed by atoms with Gasteiger partial charge in [0, 0.05) is 6.42 Å². The van der Waals surface area contributed by atoms with Crippen molar-refractivity contribution in [2.75, 3.05) is 0 Å². The first kappa shape index (κ1) is 23.9. The summed E-state index contributed by atoms with van der Waals surface area (Å²) in [5.74, 6) is 0.810. The average molecular weight is 383 g/mol. The van der Waals surface area contributed by atoms with Gasteiger partial charge in [0.15, 0.2) is 0 Å². The molecule has 0 unspecified atom stereocenters. The standard InChI is InChI=1S/C26H38O2/c1-21(2)12-9-13-22(3)14-10-15-23(4)16-11-17-24(5)20-26(27)28-25-18-7-6-8-19-25/h6-8,12,14,16,18-19,24H,9-11,13,15,17,20H2,1-5H3/b22-14+,23-16+/t24-/m0/s1. The number of hydrogen-bond acceptors (Lipinski definition) is 2. The SMILES string of the molecule is CC(C)=CCC/C(C)=C/CC/C(C)=C/CC[C@H](C)CC(=O)Oc1ccccc1. The van der Waals surface area contributed by atoms with Gasteiger partial charge in [-0.3, -0.25) is 4.79 Å². The maximum Gasteiger partial charge on any atom is 0.311 e. The molecule has 0 N–H and O–H groups in total. The lowest BCUT2D eigenvalue weighted by Crippen LogP contribution is -2.12. The van der Waals surface area contributed by atoms with Gasteiger partial charge in [0.25, 0.3) is 0 Å². The second-order valence-corrected chi connectivity index (χ2v) is 8.13. The molecule has 0 radical (unpaired) electrons. The van der Waals surface area contributed by atoms with E-state index in [0.717, 1.165) is 38.5 Å². The van der Waals surface area contributed by atoms with Gasteiger partial charge in [-0.15, -0.1) is 0 Å². The van der Waals surface area contributed by atoms with Crippen molar-refractivity contribution < 1.29 is 9.53 Å². The Bertz CT molecular complexity index is 661. The van der Waals surface area contributed by atoms with Crippen LogP contribution in [0.25, 0.3) is 0 Å². The fourth-order valence-corrected chi connectivity index (χ4v) is 3.00. The van der Waals surface area contributed by atoms with E-state index in [1.165, 1.54) is 16.7 Å². The van der Waals surface area contributed by atoms with Gasteiger partial charge in [-0.2, -0.15) is 0 Å². The Labute approximate surface area is 172 Å². The van der Waals surface area contributed by atoms with Crippen molar-refractivity contribution in [3.8, 4) is 5.75 Å². The van der Waals surface area contributed by atoms with Crippen LogP contribution in [0.2, 0.25) is 0 Å². The summed E-state index contributed by atoms with van der Waals surface area (Å²) in [4.78, 5) is 12.0. The molecule has 0 heterocycles. The number of rotatable bonds is 12. The highest BCUT2D eigenvalue weighted by Crippen LogP contribution is 2.17. The molecule has 0 aromatic heterocycles. The van der Waals surface area contributed by atoms with Crippen LogP contribution >= 0.6 is 0 Å². The predicted octanol–water partition coefficient (Wildman–Crippen LogP) is 7.82. The summed E-state index contributed by atoms with van der Waals surface area (Å²) >= 11 is 0. The van der Waals surface area contributed by atoms with Crippen molar-refractivity contribution in [1.82, 2.24) is 0 Å². The van der Waals surface area contributed by atoms with Crippen molar-refractivity contribution in [3.05, 3.63) is 65.3 Å². The first-order valence-electron chi connectivity index (χ1n) is 10.6. The molecule has 2 heteroatoms. The molecule has 0 bridgehead atoms. The number of benzene rings is 1. The van der Waals surface area contributed by atoms with E-state index < -0.39 is 0 Å². The molecule has 0 spiro atoms. The molecule has 0 saturated carbocycles. The van der Waals surface area contributed by atoms with Crippen molar-refractivity contribution in [3.63, 3.8) is 0 Å². The van der Waals surface area contributed by atoms with Gasteiger partial charge in [-0.05, 0) is 84.3 Å². The number of allylic oxidation sites excluding steroid dienone is 6. The number of para-hydroxylation sites is 1. The highest BCUT2D eigenvalue weighted by Gasteiger charge is 2.10. The summed E-state index contributed by atoms with van der Waals surface area (Å²) in [6.45, 7) is 10.9. The smallest absolute Gasteiger partial charge is 0.311 e. The highest BCUT2D eigenvalue weighted by atomic mass is 16.5. The fourth-order valence-electron chi connectivity index (χ4n) is 3.00. The van der Waals surface area contributed by atoms with Crippen molar-refractivity contribution in [2.45, 2.75) is 79.6 Å². The van der Waals surface area contributed by atoms with Crippen LogP contribution in [0.3, 0.4) is 0 Å². The molecule has 0 amide bonds. The topological polar surface area (TPSA) is 26.3 Å². The Morgan fingerprint density at radius 3 is 2.07 bits per heavy atom. The van der Waals surface area contributed by atoms with Gasteiger partial charge in [0.05, 0.1) is 0 Å².